The third-order valence-corrected chi connectivity index (χ3v) is 5.12. The number of piperidine rings is 1. The van der Waals surface area contributed by atoms with E-state index >= 15 is 0 Å². The third-order valence-electron chi connectivity index (χ3n) is 4.35. The van der Waals surface area contributed by atoms with Gasteiger partial charge in [-0.1, -0.05) is 0 Å². The van der Waals surface area contributed by atoms with Gasteiger partial charge in [0.2, 0.25) is 0 Å². The molecule has 4 heterocycles. The molecule has 0 spiro atoms. The number of imidazole rings is 1. The Balaban J connectivity index is 1.50. The van der Waals surface area contributed by atoms with Crippen molar-refractivity contribution >= 4 is 17.2 Å². The average Bonchev–Trinajstić information content (AvgIpc) is 3.35. The van der Waals surface area contributed by atoms with Gasteiger partial charge in [-0.05, 0) is 25.8 Å². The maximum Gasteiger partial charge on any atom is 0.257 e. The van der Waals surface area contributed by atoms with Crippen LogP contribution in [0.5, 0.6) is 0 Å². The van der Waals surface area contributed by atoms with Crippen LogP contribution in [0.4, 0.5) is 0 Å². The van der Waals surface area contributed by atoms with Gasteiger partial charge in [0.15, 0.2) is 5.76 Å². The standard InChI is InChI=1S/C17H18N4O2S/c1-12-19-15(10-24-12)16-7-13(9-23-16)17(22)20-5-2-3-14(8-20)21-6-4-18-11-21/h4,6-7,9-11,14H,2-3,5,8H2,1H3/t14-/m1/s1. The lowest BCUT2D eigenvalue weighted by Gasteiger charge is -2.33. The number of thiazole rings is 1. The number of hydrogen-bond acceptors (Lipinski definition) is 5. The summed E-state index contributed by atoms with van der Waals surface area (Å²) in [5.41, 5.74) is 1.37. The summed E-state index contributed by atoms with van der Waals surface area (Å²) in [4.78, 5) is 23.2. The second-order valence-electron chi connectivity index (χ2n) is 6.01. The first-order valence-corrected chi connectivity index (χ1v) is 8.86. The quantitative estimate of drug-likeness (QED) is 0.732. The molecule has 1 amide bonds. The van der Waals surface area contributed by atoms with Crippen LogP contribution < -0.4 is 0 Å². The second-order valence-corrected chi connectivity index (χ2v) is 7.07. The SMILES string of the molecule is Cc1nc(-c2cc(C(=O)N3CCC[C@@H](n4ccnc4)C3)co2)cs1. The highest BCUT2D eigenvalue weighted by atomic mass is 32.1. The molecule has 1 aliphatic rings. The summed E-state index contributed by atoms with van der Waals surface area (Å²) in [7, 11) is 0. The molecule has 3 aromatic heterocycles. The third kappa shape index (κ3) is 2.87. The number of furan rings is 1. The van der Waals surface area contributed by atoms with Crippen molar-refractivity contribution in [2.45, 2.75) is 25.8 Å². The first-order valence-electron chi connectivity index (χ1n) is 7.98. The molecule has 0 unspecified atom stereocenters. The van der Waals surface area contributed by atoms with Crippen LogP contribution in [0.2, 0.25) is 0 Å². The minimum Gasteiger partial charge on any atom is -0.462 e. The first-order chi connectivity index (χ1) is 11.7. The molecule has 3 aromatic rings. The molecule has 0 aromatic carbocycles. The lowest BCUT2D eigenvalue weighted by molar-refractivity contribution is 0.0678. The van der Waals surface area contributed by atoms with Crippen molar-refractivity contribution < 1.29 is 9.21 Å². The number of aromatic nitrogens is 3. The zero-order chi connectivity index (χ0) is 16.5. The molecule has 0 N–H and O–H groups in total. The van der Waals surface area contributed by atoms with E-state index in [4.69, 9.17) is 4.42 Å². The Labute approximate surface area is 143 Å². The highest BCUT2D eigenvalue weighted by Crippen LogP contribution is 2.26. The number of rotatable bonds is 3. The Morgan fingerprint density at radius 2 is 2.38 bits per heavy atom. The molecule has 0 bridgehead atoms. The molecular formula is C17H18N4O2S. The fourth-order valence-corrected chi connectivity index (χ4v) is 3.71. The molecule has 0 aliphatic carbocycles. The van der Waals surface area contributed by atoms with Gasteiger partial charge in [-0.3, -0.25) is 4.79 Å². The van der Waals surface area contributed by atoms with Gasteiger partial charge in [0.1, 0.15) is 12.0 Å². The van der Waals surface area contributed by atoms with E-state index in [9.17, 15) is 4.79 Å². The van der Waals surface area contributed by atoms with Crippen LogP contribution in [0.25, 0.3) is 11.5 Å². The van der Waals surface area contributed by atoms with Crippen LogP contribution in [0.1, 0.15) is 34.2 Å². The summed E-state index contributed by atoms with van der Waals surface area (Å²) in [5, 5.41) is 2.92. The molecule has 24 heavy (non-hydrogen) atoms. The largest absolute Gasteiger partial charge is 0.462 e. The Kier molecular flexibility index (Phi) is 3.93. The molecule has 1 atom stereocenters. The highest BCUT2D eigenvalue weighted by molar-refractivity contribution is 7.09. The molecular weight excluding hydrogens is 324 g/mol. The van der Waals surface area contributed by atoms with Crippen LogP contribution in [-0.4, -0.2) is 38.4 Å². The minimum atomic E-state index is 0.0155. The van der Waals surface area contributed by atoms with Crippen molar-refractivity contribution in [2.75, 3.05) is 13.1 Å². The van der Waals surface area contributed by atoms with Gasteiger partial charge in [-0.15, -0.1) is 11.3 Å². The van der Waals surface area contributed by atoms with Crippen molar-refractivity contribution in [1.29, 1.82) is 0 Å². The molecule has 6 nitrogen and oxygen atoms in total. The van der Waals surface area contributed by atoms with Gasteiger partial charge in [0.05, 0.1) is 22.9 Å². The Morgan fingerprint density at radius 3 is 3.12 bits per heavy atom. The predicted molar refractivity (Wildman–Crippen MR) is 91.0 cm³/mol. The van der Waals surface area contributed by atoms with Gasteiger partial charge >= 0.3 is 0 Å². The first kappa shape index (κ1) is 15.1. The fourth-order valence-electron chi connectivity index (χ4n) is 3.11. The summed E-state index contributed by atoms with van der Waals surface area (Å²) in [6.07, 6.45) is 9.14. The van der Waals surface area contributed by atoms with E-state index in [1.807, 2.05) is 29.7 Å². The van der Waals surface area contributed by atoms with Crippen LogP contribution in [0.3, 0.4) is 0 Å². The number of aryl methyl sites for hydroxylation is 1. The Bertz CT molecular complexity index is 837. The summed E-state index contributed by atoms with van der Waals surface area (Å²) < 4.78 is 7.64. The van der Waals surface area contributed by atoms with Gasteiger partial charge in [-0.25, -0.2) is 9.97 Å². The highest BCUT2D eigenvalue weighted by Gasteiger charge is 2.26. The van der Waals surface area contributed by atoms with Crippen molar-refractivity contribution in [3.8, 4) is 11.5 Å². The minimum absolute atomic E-state index is 0.0155. The molecule has 0 radical (unpaired) electrons. The number of likely N-dealkylation sites (tertiary alicyclic amines) is 1. The molecule has 4 rings (SSSR count). The van der Waals surface area contributed by atoms with Gasteiger partial charge in [0.25, 0.3) is 5.91 Å². The zero-order valence-corrected chi connectivity index (χ0v) is 14.2. The number of carbonyl (C=O) groups is 1. The van der Waals surface area contributed by atoms with E-state index in [0.717, 1.165) is 30.1 Å². The van der Waals surface area contributed by atoms with Crippen LogP contribution >= 0.6 is 11.3 Å². The van der Waals surface area contributed by atoms with Crippen LogP contribution in [-0.2, 0) is 0 Å². The molecule has 1 saturated heterocycles. The molecule has 1 aliphatic heterocycles. The van der Waals surface area contributed by atoms with E-state index < -0.39 is 0 Å². The van der Waals surface area contributed by atoms with Crippen LogP contribution in [0.15, 0.2) is 40.8 Å². The van der Waals surface area contributed by atoms with E-state index in [0.29, 0.717) is 17.9 Å². The fraction of sp³-hybridized carbons (Fsp3) is 0.353. The second kappa shape index (κ2) is 6.24. The Morgan fingerprint density at radius 1 is 1.46 bits per heavy atom. The normalized spacial score (nSPS) is 18.0. The van der Waals surface area contributed by atoms with Crippen molar-refractivity contribution in [1.82, 2.24) is 19.4 Å². The van der Waals surface area contributed by atoms with E-state index in [-0.39, 0.29) is 11.9 Å². The monoisotopic (exact) mass is 342 g/mol. The number of amides is 1. The topological polar surface area (TPSA) is 64.2 Å². The molecule has 0 saturated carbocycles. The lowest BCUT2D eigenvalue weighted by Crippen LogP contribution is -2.40. The summed E-state index contributed by atoms with van der Waals surface area (Å²) in [6.45, 7) is 3.43. The van der Waals surface area contributed by atoms with E-state index in [2.05, 4.69) is 14.5 Å². The summed E-state index contributed by atoms with van der Waals surface area (Å²) in [5.74, 6) is 0.660. The van der Waals surface area contributed by atoms with E-state index in [1.165, 1.54) is 6.26 Å². The summed E-state index contributed by atoms with van der Waals surface area (Å²) in [6, 6.07) is 2.08. The maximum atomic E-state index is 12.8. The van der Waals surface area contributed by atoms with Gasteiger partial charge < -0.3 is 13.9 Å². The average molecular weight is 342 g/mol. The van der Waals surface area contributed by atoms with Crippen molar-refractivity contribution in [3.63, 3.8) is 0 Å². The smallest absolute Gasteiger partial charge is 0.257 e. The van der Waals surface area contributed by atoms with Crippen LogP contribution in [0, 0.1) is 6.92 Å². The number of carbonyl (C=O) groups excluding carboxylic acids is 1. The maximum absolute atomic E-state index is 12.8. The van der Waals surface area contributed by atoms with Crippen molar-refractivity contribution in [3.05, 3.63) is 47.0 Å². The van der Waals surface area contributed by atoms with Gasteiger partial charge in [0, 0.05) is 30.9 Å². The number of nitrogens with zero attached hydrogens (tertiary/aromatic N) is 4. The van der Waals surface area contributed by atoms with Crippen molar-refractivity contribution in [2.24, 2.45) is 0 Å². The lowest BCUT2D eigenvalue weighted by atomic mass is 10.0. The Hall–Kier alpha value is -2.41. The number of hydrogen-bond donors (Lipinski definition) is 0. The molecule has 7 heteroatoms. The molecule has 124 valence electrons. The van der Waals surface area contributed by atoms with E-state index in [1.54, 1.807) is 23.6 Å². The van der Waals surface area contributed by atoms with Gasteiger partial charge in [-0.2, -0.15) is 0 Å². The zero-order valence-electron chi connectivity index (χ0n) is 13.4. The predicted octanol–water partition coefficient (Wildman–Crippen LogP) is 3.39. The molecule has 1 fully saturated rings. The summed E-state index contributed by atoms with van der Waals surface area (Å²) >= 11 is 1.57.